The Kier molecular flexibility index (Phi) is 4.10. The third-order valence-electron chi connectivity index (χ3n) is 4.29. The molecule has 2 unspecified atom stereocenters. The largest absolute Gasteiger partial charge is 0.508 e. The average Bonchev–Trinajstić information content (AvgIpc) is 2.84. The molecule has 112 valence electrons. The van der Waals surface area contributed by atoms with Crippen LogP contribution in [0.4, 0.5) is 0 Å². The summed E-state index contributed by atoms with van der Waals surface area (Å²) in [5, 5.41) is 11.8. The molecule has 4 heteroatoms. The summed E-state index contributed by atoms with van der Waals surface area (Å²) in [4.78, 5) is 2.37. The predicted octanol–water partition coefficient (Wildman–Crippen LogP) is 2.09. The third-order valence-corrected chi connectivity index (χ3v) is 4.29. The zero-order chi connectivity index (χ0) is 14.8. The van der Waals surface area contributed by atoms with Crippen LogP contribution in [-0.2, 0) is 6.54 Å². The molecule has 21 heavy (non-hydrogen) atoms. The fourth-order valence-electron chi connectivity index (χ4n) is 3.03. The maximum Gasteiger partial charge on any atom is 0.116 e. The molecule has 3 N–H and O–H groups in total. The Morgan fingerprint density at radius 1 is 1.19 bits per heavy atom. The molecule has 0 aromatic heterocycles. The lowest BCUT2D eigenvalue weighted by Gasteiger charge is -2.22. The monoisotopic (exact) mass is 285 g/mol. The molecule has 0 saturated carbocycles. The second-order valence-electron chi connectivity index (χ2n) is 6.14. The lowest BCUT2D eigenvalue weighted by atomic mass is 10.0. The summed E-state index contributed by atoms with van der Waals surface area (Å²) in [5.41, 5.74) is 7.80. The molecule has 0 bridgehead atoms. The van der Waals surface area contributed by atoms with Crippen molar-refractivity contribution in [2.45, 2.75) is 19.5 Å². The van der Waals surface area contributed by atoms with E-state index in [9.17, 15) is 5.11 Å². The molecule has 1 aliphatic heterocycles. The van der Waals surface area contributed by atoms with Gasteiger partial charge < -0.3 is 10.0 Å². The van der Waals surface area contributed by atoms with Gasteiger partial charge >= 0.3 is 0 Å². The first-order valence-electron chi connectivity index (χ1n) is 7.50. The molecule has 0 amide bonds. The van der Waals surface area contributed by atoms with Crippen LogP contribution in [0.25, 0.3) is 10.8 Å². The first-order chi connectivity index (χ1) is 10.1. The maximum atomic E-state index is 9.51. The Labute approximate surface area is 125 Å². The van der Waals surface area contributed by atoms with Crippen molar-refractivity contribution in [1.29, 1.82) is 0 Å². The number of nitrogens with one attached hydrogen (secondary N) is 2. The van der Waals surface area contributed by atoms with E-state index in [1.54, 1.807) is 12.1 Å². The highest BCUT2D eigenvalue weighted by Gasteiger charge is 2.23. The highest BCUT2D eigenvalue weighted by atomic mass is 16.3. The van der Waals surface area contributed by atoms with Crippen LogP contribution in [0.2, 0.25) is 0 Å². The van der Waals surface area contributed by atoms with Gasteiger partial charge in [-0.25, -0.2) is 0 Å². The van der Waals surface area contributed by atoms with Crippen LogP contribution in [-0.4, -0.2) is 36.2 Å². The van der Waals surface area contributed by atoms with Crippen molar-refractivity contribution < 1.29 is 5.11 Å². The zero-order valence-corrected chi connectivity index (χ0v) is 12.6. The maximum absolute atomic E-state index is 9.51. The SMILES string of the molecule is CC1NNCC1CN(C)Cc1ccc2cc(O)ccc2c1. The Hall–Kier alpha value is -1.62. The number of hydrazine groups is 1. The van der Waals surface area contributed by atoms with Crippen molar-refractivity contribution in [3.05, 3.63) is 42.0 Å². The van der Waals surface area contributed by atoms with Gasteiger partial charge in [0.2, 0.25) is 0 Å². The molecule has 0 radical (unpaired) electrons. The number of phenols is 1. The molecule has 2 aromatic rings. The van der Waals surface area contributed by atoms with E-state index < -0.39 is 0 Å². The number of benzene rings is 2. The van der Waals surface area contributed by atoms with Gasteiger partial charge in [-0.05, 0) is 48.5 Å². The topological polar surface area (TPSA) is 47.5 Å². The molecule has 2 aromatic carbocycles. The van der Waals surface area contributed by atoms with E-state index in [2.05, 4.69) is 47.9 Å². The first-order valence-corrected chi connectivity index (χ1v) is 7.50. The van der Waals surface area contributed by atoms with Crippen LogP contribution >= 0.6 is 0 Å². The van der Waals surface area contributed by atoms with Crippen molar-refractivity contribution >= 4 is 10.8 Å². The smallest absolute Gasteiger partial charge is 0.116 e. The lowest BCUT2D eigenvalue weighted by Crippen LogP contribution is -2.33. The van der Waals surface area contributed by atoms with Crippen LogP contribution in [0.3, 0.4) is 0 Å². The van der Waals surface area contributed by atoms with Crippen molar-refractivity contribution in [1.82, 2.24) is 15.8 Å². The Morgan fingerprint density at radius 3 is 2.71 bits per heavy atom. The third kappa shape index (κ3) is 3.35. The van der Waals surface area contributed by atoms with Gasteiger partial charge in [0.25, 0.3) is 0 Å². The van der Waals surface area contributed by atoms with Crippen LogP contribution in [0.1, 0.15) is 12.5 Å². The normalized spacial score (nSPS) is 22.2. The molecule has 0 aliphatic carbocycles. The van der Waals surface area contributed by atoms with Crippen molar-refractivity contribution in [3.63, 3.8) is 0 Å². The summed E-state index contributed by atoms with van der Waals surface area (Å²) in [5.74, 6) is 0.968. The molecule has 1 heterocycles. The van der Waals surface area contributed by atoms with Crippen LogP contribution in [0.15, 0.2) is 36.4 Å². The van der Waals surface area contributed by atoms with Crippen molar-refractivity contribution in [2.24, 2.45) is 5.92 Å². The molecule has 1 aliphatic rings. The number of fused-ring (bicyclic) bond motifs is 1. The molecule has 4 nitrogen and oxygen atoms in total. The fourth-order valence-corrected chi connectivity index (χ4v) is 3.03. The second-order valence-corrected chi connectivity index (χ2v) is 6.14. The summed E-state index contributed by atoms with van der Waals surface area (Å²) >= 11 is 0. The van der Waals surface area contributed by atoms with Crippen LogP contribution < -0.4 is 10.9 Å². The van der Waals surface area contributed by atoms with Gasteiger partial charge in [-0.15, -0.1) is 0 Å². The average molecular weight is 285 g/mol. The molecule has 1 saturated heterocycles. The van der Waals surface area contributed by atoms with Crippen LogP contribution in [0, 0.1) is 5.92 Å². The standard InChI is InChI=1S/C17H23N3O/c1-12-16(9-18-19-12)11-20(2)10-13-3-4-15-8-17(21)6-5-14(15)7-13/h3-8,12,16,18-19,21H,9-11H2,1-2H3. The number of rotatable bonds is 4. The highest BCUT2D eigenvalue weighted by Crippen LogP contribution is 2.22. The summed E-state index contributed by atoms with van der Waals surface area (Å²) in [7, 11) is 2.17. The van der Waals surface area contributed by atoms with Gasteiger partial charge in [0.05, 0.1) is 0 Å². The second kappa shape index (κ2) is 6.02. The Morgan fingerprint density at radius 2 is 1.95 bits per heavy atom. The fraction of sp³-hybridized carbons (Fsp3) is 0.412. The van der Waals surface area contributed by atoms with E-state index in [1.807, 2.05) is 6.07 Å². The number of nitrogens with zero attached hydrogens (tertiary/aromatic N) is 1. The quantitative estimate of drug-likeness (QED) is 0.805. The zero-order valence-electron chi connectivity index (χ0n) is 12.6. The van der Waals surface area contributed by atoms with E-state index in [0.29, 0.717) is 17.7 Å². The summed E-state index contributed by atoms with van der Waals surface area (Å²) in [6, 6.07) is 12.5. The molecule has 0 spiro atoms. The summed E-state index contributed by atoms with van der Waals surface area (Å²) in [6.07, 6.45) is 0. The van der Waals surface area contributed by atoms with Crippen molar-refractivity contribution in [3.8, 4) is 5.75 Å². The van der Waals surface area contributed by atoms with E-state index in [-0.39, 0.29) is 0 Å². The number of aromatic hydroxyl groups is 1. The molecule has 3 rings (SSSR count). The predicted molar refractivity (Wildman–Crippen MR) is 86.0 cm³/mol. The van der Waals surface area contributed by atoms with Gasteiger partial charge in [-0.1, -0.05) is 18.2 Å². The lowest BCUT2D eigenvalue weighted by molar-refractivity contribution is 0.266. The molecule has 2 atom stereocenters. The van der Waals surface area contributed by atoms with Gasteiger partial charge in [-0.3, -0.25) is 10.9 Å². The van der Waals surface area contributed by atoms with E-state index >= 15 is 0 Å². The molecule has 1 fully saturated rings. The minimum atomic E-state index is 0.322. The van der Waals surface area contributed by atoms with Crippen LogP contribution in [0.5, 0.6) is 5.75 Å². The number of hydrogen-bond donors (Lipinski definition) is 3. The van der Waals surface area contributed by atoms with Crippen molar-refractivity contribution in [2.75, 3.05) is 20.1 Å². The minimum absolute atomic E-state index is 0.322. The summed E-state index contributed by atoms with van der Waals surface area (Å²) in [6.45, 7) is 5.28. The molecular formula is C17H23N3O. The van der Waals surface area contributed by atoms with E-state index in [1.165, 1.54) is 10.9 Å². The molecular weight excluding hydrogens is 262 g/mol. The number of phenolic OH excluding ortho intramolecular Hbond substituents is 1. The van der Waals surface area contributed by atoms with E-state index in [4.69, 9.17) is 0 Å². The highest BCUT2D eigenvalue weighted by molar-refractivity contribution is 5.84. The first kappa shape index (κ1) is 14.3. The van der Waals surface area contributed by atoms with Gasteiger partial charge in [-0.2, -0.15) is 0 Å². The van der Waals surface area contributed by atoms with Gasteiger partial charge in [0.15, 0.2) is 0 Å². The summed E-state index contributed by atoms with van der Waals surface area (Å²) < 4.78 is 0. The van der Waals surface area contributed by atoms with Gasteiger partial charge in [0.1, 0.15) is 5.75 Å². The van der Waals surface area contributed by atoms with E-state index in [0.717, 1.165) is 25.0 Å². The minimum Gasteiger partial charge on any atom is -0.508 e. The Bertz CT molecular complexity index is 628. The Balaban J connectivity index is 1.68. The number of hydrogen-bond acceptors (Lipinski definition) is 4. The van der Waals surface area contributed by atoms with Gasteiger partial charge in [0, 0.05) is 31.6 Å².